The van der Waals surface area contributed by atoms with Gasteiger partial charge in [0.25, 0.3) is 0 Å². The molecule has 0 spiro atoms. The SMILES string of the molecule is CCN1CCC(CNc2cc(C)nc(CC(=O)Cc3ccc(Cl)c(C(F)(F)F)c3)n2)(C(=S)NCCN(C)C)C1. The van der Waals surface area contributed by atoms with Gasteiger partial charge >= 0.3 is 6.18 Å². The number of anilines is 1. The van der Waals surface area contributed by atoms with E-state index < -0.39 is 16.8 Å². The molecule has 0 bridgehead atoms. The van der Waals surface area contributed by atoms with E-state index >= 15 is 0 Å². The molecular formula is C27H36ClF3N6OS. The lowest BCUT2D eigenvalue weighted by atomic mass is 9.86. The Kier molecular flexibility index (Phi) is 10.7. The van der Waals surface area contributed by atoms with Gasteiger partial charge in [0.1, 0.15) is 17.4 Å². The highest BCUT2D eigenvalue weighted by Crippen LogP contribution is 2.35. The maximum absolute atomic E-state index is 13.2. The number of aromatic nitrogens is 2. The molecule has 1 saturated heterocycles. The summed E-state index contributed by atoms with van der Waals surface area (Å²) < 4.78 is 39.6. The predicted molar refractivity (Wildman–Crippen MR) is 152 cm³/mol. The molecule has 1 fully saturated rings. The van der Waals surface area contributed by atoms with Gasteiger partial charge in [0.2, 0.25) is 0 Å². The maximum Gasteiger partial charge on any atom is 0.417 e. The van der Waals surface area contributed by atoms with Gasteiger partial charge in [0, 0.05) is 44.4 Å². The van der Waals surface area contributed by atoms with Crippen LogP contribution in [-0.4, -0.2) is 83.9 Å². The molecule has 1 aromatic carbocycles. The first-order chi connectivity index (χ1) is 18.3. The molecule has 0 radical (unpaired) electrons. The second-order valence-electron chi connectivity index (χ2n) is 10.3. The fraction of sp³-hybridized carbons (Fsp3) is 0.556. The number of benzene rings is 1. The van der Waals surface area contributed by atoms with Gasteiger partial charge in [0.05, 0.1) is 27.4 Å². The molecule has 2 heterocycles. The standard InChI is InChI=1S/C27H36ClF3N6OS/c1-5-37-10-8-26(17-37,25(39)32-9-11-36(3)4)16-33-23-12-18(2)34-24(35-23)15-20(38)13-19-6-7-22(28)21(14-19)27(29,30)31/h6-7,12,14H,5,8-11,13,15-17H2,1-4H3,(H,32,39)(H,33,34,35). The summed E-state index contributed by atoms with van der Waals surface area (Å²) >= 11 is 11.5. The summed E-state index contributed by atoms with van der Waals surface area (Å²) in [5, 5.41) is 6.46. The highest BCUT2D eigenvalue weighted by molar-refractivity contribution is 7.80. The van der Waals surface area contributed by atoms with E-state index in [0.717, 1.165) is 56.3 Å². The van der Waals surface area contributed by atoms with Gasteiger partial charge in [-0.25, -0.2) is 9.97 Å². The zero-order valence-corrected chi connectivity index (χ0v) is 24.4. The van der Waals surface area contributed by atoms with Crippen molar-refractivity contribution in [3.05, 3.63) is 51.9 Å². The molecular weight excluding hydrogens is 549 g/mol. The third-order valence-corrected chi connectivity index (χ3v) is 7.71. The number of halogens is 4. The molecule has 1 atom stereocenters. The minimum atomic E-state index is -4.59. The van der Waals surface area contributed by atoms with Crippen molar-refractivity contribution >= 4 is 40.4 Å². The number of rotatable bonds is 12. The van der Waals surface area contributed by atoms with Gasteiger partial charge in [-0.3, -0.25) is 4.79 Å². The Balaban J connectivity index is 1.68. The van der Waals surface area contributed by atoms with Crippen LogP contribution in [0.4, 0.5) is 19.0 Å². The quantitative estimate of drug-likeness (QED) is 0.356. The van der Waals surface area contributed by atoms with Gasteiger partial charge < -0.3 is 20.4 Å². The highest BCUT2D eigenvalue weighted by Gasteiger charge is 2.41. The lowest BCUT2D eigenvalue weighted by Crippen LogP contribution is -2.47. The summed E-state index contributed by atoms with van der Waals surface area (Å²) in [5.74, 6) is 0.607. The van der Waals surface area contributed by atoms with E-state index in [-0.39, 0.29) is 29.6 Å². The number of alkyl halides is 3. The predicted octanol–water partition coefficient (Wildman–Crippen LogP) is 4.41. The van der Waals surface area contributed by atoms with Crippen molar-refractivity contribution < 1.29 is 18.0 Å². The molecule has 1 aliphatic rings. The lowest BCUT2D eigenvalue weighted by Gasteiger charge is -2.31. The van der Waals surface area contributed by atoms with Crippen molar-refractivity contribution in [3.63, 3.8) is 0 Å². The van der Waals surface area contributed by atoms with E-state index in [1.807, 2.05) is 27.1 Å². The monoisotopic (exact) mass is 584 g/mol. The average Bonchev–Trinajstić information content (AvgIpc) is 3.27. The Morgan fingerprint density at radius 1 is 1.23 bits per heavy atom. The number of nitrogens with zero attached hydrogens (tertiary/aromatic N) is 4. The first-order valence-corrected chi connectivity index (χ1v) is 13.7. The third-order valence-electron chi connectivity index (χ3n) is 6.81. The number of nitrogens with one attached hydrogen (secondary N) is 2. The van der Waals surface area contributed by atoms with Crippen molar-refractivity contribution in [2.45, 2.75) is 39.3 Å². The van der Waals surface area contributed by atoms with E-state index in [9.17, 15) is 18.0 Å². The van der Waals surface area contributed by atoms with Gasteiger partial charge in [-0.2, -0.15) is 13.2 Å². The van der Waals surface area contributed by atoms with Crippen molar-refractivity contribution in [3.8, 4) is 0 Å². The first-order valence-electron chi connectivity index (χ1n) is 12.9. The molecule has 2 aromatic rings. The van der Waals surface area contributed by atoms with E-state index in [1.165, 1.54) is 6.07 Å². The number of Topliss-reactive ketones (excluding diaryl/α,β-unsaturated/α-hetero) is 1. The van der Waals surface area contributed by atoms with Crippen LogP contribution in [0.1, 0.15) is 36.0 Å². The number of hydrogen-bond acceptors (Lipinski definition) is 7. The van der Waals surface area contributed by atoms with Crippen molar-refractivity contribution in [1.29, 1.82) is 0 Å². The second kappa shape index (κ2) is 13.3. The number of ketones is 1. The Hall–Kier alpha value is -2.34. The number of thiocarbonyl (C=S) groups is 1. The summed E-state index contributed by atoms with van der Waals surface area (Å²) in [7, 11) is 4.04. The molecule has 1 aliphatic heterocycles. The largest absolute Gasteiger partial charge is 0.417 e. The second-order valence-corrected chi connectivity index (χ2v) is 11.1. The molecule has 3 rings (SSSR count). The number of carbonyl (C=O) groups is 1. The van der Waals surface area contributed by atoms with Crippen molar-refractivity contribution in [2.75, 3.05) is 58.7 Å². The smallest absolute Gasteiger partial charge is 0.378 e. The molecule has 7 nitrogen and oxygen atoms in total. The van der Waals surface area contributed by atoms with E-state index in [4.69, 9.17) is 23.8 Å². The Bertz CT molecular complexity index is 1180. The average molecular weight is 585 g/mol. The zero-order chi connectivity index (χ0) is 28.8. The van der Waals surface area contributed by atoms with E-state index in [2.05, 4.69) is 37.3 Å². The normalized spacial score (nSPS) is 18.0. The van der Waals surface area contributed by atoms with Crippen molar-refractivity contribution in [1.82, 2.24) is 25.1 Å². The fourth-order valence-electron chi connectivity index (χ4n) is 4.64. The minimum absolute atomic E-state index is 0.0976. The summed E-state index contributed by atoms with van der Waals surface area (Å²) in [6.07, 6.45) is -3.95. The molecule has 12 heteroatoms. The topological polar surface area (TPSA) is 73.4 Å². The molecule has 0 saturated carbocycles. The van der Waals surface area contributed by atoms with Crippen LogP contribution in [-0.2, 0) is 23.8 Å². The van der Waals surface area contributed by atoms with Gasteiger partial charge in [-0.15, -0.1) is 0 Å². The maximum atomic E-state index is 13.2. The highest BCUT2D eigenvalue weighted by atomic mass is 35.5. The van der Waals surface area contributed by atoms with Crippen LogP contribution in [0.25, 0.3) is 0 Å². The van der Waals surface area contributed by atoms with Crippen LogP contribution in [0.15, 0.2) is 24.3 Å². The van der Waals surface area contributed by atoms with Crippen LogP contribution >= 0.6 is 23.8 Å². The Labute approximate surface area is 238 Å². The van der Waals surface area contributed by atoms with E-state index in [0.29, 0.717) is 23.9 Å². The van der Waals surface area contributed by atoms with Crippen molar-refractivity contribution in [2.24, 2.45) is 5.41 Å². The fourth-order valence-corrected chi connectivity index (χ4v) is 5.21. The molecule has 0 aliphatic carbocycles. The van der Waals surface area contributed by atoms with E-state index in [1.54, 1.807) is 0 Å². The number of aryl methyl sites for hydroxylation is 1. The molecule has 0 amide bonds. The number of likely N-dealkylation sites (N-methyl/N-ethyl adjacent to an activating group) is 1. The first kappa shape index (κ1) is 31.2. The summed E-state index contributed by atoms with van der Waals surface area (Å²) in [5.41, 5.74) is -0.286. The lowest BCUT2D eigenvalue weighted by molar-refractivity contribution is -0.137. The van der Waals surface area contributed by atoms with Gasteiger partial charge in [-0.05, 0) is 58.2 Å². The molecule has 214 valence electrons. The number of carbonyl (C=O) groups excluding carboxylic acids is 1. The third kappa shape index (κ3) is 8.83. The Morgan fingerprint density at radius 2 is 1.97 bits per heavy atom. The van der Waals surface area contributed by atoms with Crippen LogP contribution in [0.3, 0.4) is 0 Å². The zero-order valence-electron chi connectivity index (χ0n) is 22.8. The minimum Gasteiger partial charge on any atom is -0.378 e. The van der Waals surface area contributed by atoms with Crippen LogP contribution in [0, 0.1) is 12.3 Å². The molecule has 2 N–H and O–H groups in total. The van der Waals surface area contributed by atoms with Gasteiger partial charge in [-0.1, -0.05) is 36.8 Å². The summed E-state index contributed by atoms with van der Waals surface area (Å²) in [6, 6.07) is 5.32. The number of likely N-dealkylation sites (tertiary alicyclic amines) is 1. The summed E-state index contributed by atoms with van der Waals surface area (Å²) in [4.78, 5) is 26.9. The molecule has 1 unspecified atom stereocenters. The summed E-state index contributed by atoms with van der Waals surface area (Å²) in [6.45, 7) is 8.89. The molecule has 1 aromatic heterocycles. The van der Waals surface area contributed by atoms with Gasteiger partial charge in [0.15, 0.2) is 0 Å². The van der Waals surface area contributed by atoms with Crippen LogP contribution in [0.2, 0.25) is 5.02 Å². The van der Waals surface area contributed by atoms with Crippen LogP contribution < -0.4 is 10.6 Å². The Morgan fingerprint density at radius 3 is 2.62 bits per heavy atom. The molecule has 39 heavy (non-hydrogen) atoms. The van der Waals surface area contributed by atoms with Crippen LogP contribution in [0.5, 0.6) is 0 Å². The number of hydrogen-bond donors (Lipinski definition) is 2.